The molecule has 10 heavy (non-hydrogen) atoms. The van der Waals surface area contributed by atoms with Crippen molar-refractivity contribution < 1.29 is 13.6 Å². The van der Waals surface area contributed by atoms with E-state index in [2.05, 4.69) is 6.58 Å². The highest BCUT2D eigenvalue weighted by molar-refractivity contribution is 8.07. The molecule has 0 aromatic heterocycles. The Morgan fingerprint density at radius 2 is 2.00 bits per heavy atom. The Hall–Kier alpha value is 0.270. The first-order chi connectivity index (χ1) is 4.68. The second-order valence-corrected chi connectivity index (χ2v) is 4.62. The van der Waals surface area contributed by atoms with Gasteiger partial charge in [0.25, 0.3) is 0 Å². The van der Waals surface area contributed by atoms with Crippen LogP contribution in [0.4, 0.5) is 0 Å². The summed E-state index contributed by atoms with van der Waals surface area (Å²) >= 11 is 4.87. The molecule has 0 fully saturated rings. The SMILES string of the molecule is C=CCOP(=S)(OC)OC. The molecule has 0 saturated heterocycles. The summed E-state index contributed by atoms with van der Waals surface area (Å²) in [6.45, 7) is 1.39. The standard InChI is InChI=1S/C5H11O3PS/c1-4-5-8-9(10,6-2)7-3/h4H,1,5H2,2-3H3. The molecule has 0 rings (SSSR count). The van der Waals surface area contributed by atoms with E-state index in [1.54, 1.807) is 6.08 Å². The quantitative estimate of drug-likeness (QED) is 0.478. The van der Waals surface area contributed by atoms with Crippen molar-refractivity contribution in [3.63, 3.8) is 0 Å². The van der Waals surface area contributed by atoms with Crippen LogP contribution in [0.1, 0.15) is 0 Å². The predicted octanol–water partition coefficient (Wildman–Crippen LogP) is 1.71. The summed E-state index contributed by atoms with van der Waals surface area (Å²) in [5.74, 6) is 0. The van der Waals surface area contributed by atoms with Crippen LogP contribution in [-0.4, -0.2) is 20.8 Å². The van der Waals surface area contributed by atoms with Crippen molar-refractivity contribution in [2.45, 2.75) is 0 Å². The zero-order chi connectivity index (χ0) is 8.04. The summed E-state index contributed by atoms with van der Waals surface area (Å²) in [5.41, 5.74) is 0. The van der Waals surface area contributed by atoms with Crippen LogP contribution in [0.15, 0.2) is 12.7 Å². The third-order valence-corrected chi connectivity index (χ3v) is 3.37. The fourth-order valence-corrected chi connectivity index (χ4v) is 1.15. The van der Waals surface area contributed by atoms with Crippen molar-refractivity contribution >= 4 is 18.5 Å². The largest absolute Gasteiger partial charge is 0.326 e. The van der Waals surface area contributed by atoms with Gasteiger partial charge < -0.3 is 13.6 Å². The molecular weight excluding hydrogens is 171 g/mol. The molecule has 3 nitrogen and oxygen atoms in total. The molecule has 0 radical (unpaired) electrons. The van der Waals surface area contributed by atoms with Gasteiger partial charge in [-0.15, -0.1) is 6.58 Å². The van der Waals surface area contributed by atoms with Crippen molar-refractivity contribution in [3.05, 3.63) is 12.7 Å². The lowest BCUT2D eigenvalue weighted by Crippen LogP contribution is -1.93. The maximum Gasteiger partial charge on any atom is 0.326 e. The molecule has 0 unspecified atom stereocenters. The van der Waals surface area contributed by atoms with Crippen LogP contribution in [0.2, 0.25) is 0 Å². The van der Waals surface area contributed by atoms with Gasteiger partial charge >= 0.3 is 6.72 Å². The third kappa shape index (κ3) is 3.44. The average molecular weight is 182 g/mol. The summed E-state index contributed by atoms with van der Waals surface area (Å²) in [5, 5.41) is 0. The Bertz CT molecular complexity index is 140. The highest BCUT2D eigenvalue weighted by Crippen LogP contribution is 2.47. The van der Waals surface area contributed by atoms with Crippen LogP contribution < -0.4 is 0 Å². The van der Waals surface area contributed by atoms with Crippen LogP contribution >= 0.6 is 6.72 Å². The minimum absolute atomic E-state index is 0.360. The molecule has 0 atom stereocenters. The van der Waals surface area contributed by atoms with Gasteiger partial charge in [-0.25, -0.2) is 0 Å². The summed E-state index contributed by atoms with van der Waals surface area (Å²) in [6, 6.07) is 0. The van der Waals surface area contributed by atoms with Crippen LogP contribution in [0.5, 0.6) is 0 Å². The van der Waals surface area contributed by atoms with Crippen molar-refractivity contribution in [2.75, 3.05) is 20.8 Å². The summed E-state index contributed by atoms with van der Waals surface area (Å²) in [4.78, 5) is 0. The number of hydrogen-bond donors (Lipinski definition) is 0. The lowest BCUT2D eigenvalue weighted by Gasteiger charge is -2.15. The maximum absolute atomic E-state index is 5.04. The van der Waals surface area contributed by atoms with Gasteiger partial charge in [0.05, 0.1) is 6.61 Å². The Labute approximate surface area is 66.2 Å². The van der Waals surface area contributed by atoms with E-state index in [0.717, 1.165) is 0 Å². The average Bonchev–Trinajstić information content (AvgIpc) is 2.00. The van der Waals surface area contributed by atoms with Gasteiger partial charge in [0.15, 0.2) is 0 Å². The molecular formula is C5H11O3PS. The first-order valence-corrected chi connectivity index (χ1v) is 5.21. The van der Waals surface area contributed by atoms with E-state index in [0.29, 0.717) is 6.61 Å². The van der Waals surface area contributed by atoms with E-state index in [4.69, 9.17) is 25.4 Å². The molecule has 0 bridgehead atoms. The molecule has 0 aromatic rings. The van der Waals surface area contributed by atoms with E-state index < -0.39 is 6.72 Å². The smallest absolute Gasteiger partial charge is 0.312 e. The second-order valence-electron chi connectivity index (χ2n) is 1.40. The Balaban J connectivity index is 3.81. The molecule has 0 amide bonds. The van der Waals surface area contributed by atoms with E-state index in [-0.39, 0.29) is 0 Å². The topological polar surface area (TPSA) is 27.7 Å². The molecule has 5 heteroatoms. The van der Waals surface area contributed by atoms with Gasteiger partial charge in [-0.05, 0) is 11.8 Å². The van der Waals surface area contributed by atoms with Gasteiger partial charge in [0.2, 0.25) is 0 Å². The molecule has 0 saturated carbocycles. The normalized spacial score (nSPS) is 11.4. The minimum Gasteiger partial charge on any atom is -0.312 e. The van der Waals surface area contributed by atoms with Gasteiger partial charge in [-0.2, -0.15) is 0 Å². The molecule has 0 spiro atoms. The lowest BCUT2D eigenvalue weighted by atomic mass is 10.7. The van der Waals surface area contributed by atoms with Crippen molar-refractivity contribution in [2.24, 2.45) is 0 Å². The van der Waals surface area contributed by atoms with Crippen molar-refractivity contribution in [1.82, 2.24) is 0 Å². The maximum atomic E-state index is 5.04. The first kappa shape index (κ1) is 10.3. The Morgan fingerprint density at radius 1 is 1.50 bits per heavy atom. The molecule has 0 aliphatic carbocycles. The fraction of sp³-hybridized carbons (Fsp3) is 0.600. The van der Waals surface area contributed by atoms with Crippen LogP contribution in [0.25, 0.3) is 0 Å². The second kappa shape index (κ2) is 4.99. The summed E-state index contributed by atoms with van der Waals surface area (Å²) < 4.78 is 14.7. The molecule has 60 valence electrons. The van der Waals surface area contributed by atoms with E-state index in [1.807, 2.05) is 0 Å². The Morgan fingerprint density at radius 3 is 2.30 bits per heavy atom. The van der Waals surface area contributed by atoms with Gasteiger partial charge in [0.1, 0.15) is 0 Å². The first-order valence-electron chi connectivity index (χ1n) is 2.65. The highest BCUT2D eigenvalue weighted by Gasteiger charge is 2.14. The van der Waals surface area contributed by atoms with Crippen LogP contribution in [0.3, 0.4) is 0 Å². The predicted molar refractivity (Wildman–Crippen MR) is 44.5 cm³/mol. The van der Waals surface area contributed by atoms with Crippen LogP contribution in [-0.2, 0) is 25.4 Å². The molecule has 0 aromatic carbocycles. The zero-order valence-electron chi connectivity index (χ0n) is 6.07. The van der Waals surface area contributed by atoms with E-state index >= 15 is 0 Å². The summed E-state index contributed by atoms with van der Waals surface area (Å²) in [7, 11) is 2.93. The fourth-order valence-electron chi connectivity index (χ4n) is 0.324. The van der Waals surface area contributed by atoms with E-state index in [9.17, 15) is 0 Å². The lowest BCUT2D eigenvalue weighted by molar-refractivity contribution is 0.219. The van der Waals surface area contributed by atoms with Crippen LogP contribution in [0, 0.1) is 0 Å². The van der Waals surface area contributed by atoms with Gasteiger partial charge in [-0.1, -0.05) is 6.08 Å². The molecule has 0 N–H and O–H groups in total. The minimum atomic E-state index is -2.44. The van der Waals surface area contributed by atoms with Crippen molar-refractivity contribution in [3.8, 4) is 0 Å². The van der Waals surface area contributed by atoms with Gasteiger partial charge in [0, 0.05) is 14.2 Å². The molecule has 0 heterocycles. The molecule has 0 aliphatic rings. The van der Waals surface area contributed by atoms with Gasteiger partial charge in [-0.3, -0.25) is 0 Å². The van der Waals surface area contributed by atoms with E-state index in [1.165, 1.54) is 14.2 Å². The summed E-state index contributed by atoms with van der Waals surface area (Å²) in [6.07, 6.45) is 1.60. The third-order valence-electron chi connectivity index (χ3n) is 0.798. The number of hydrogen-bond acceptors (Lipinski definition) is 4. The highest BCUT2D eigenvalue weighted by atomic mass is 32.5. The zero-order valence-corrected chi connectivity index (χ0v) is 7.78. The Kier molecular flexibility index (Phi) is 5.13. The number of rotatable bonds is 5. The van der Waals surface area contributed by atoms with Crippen molar-refractivity contribution in [1.29, 1.82) is 0 Å². The molecule has 0 aliphatic heterocycles. The monoisotopic (exact) mass is 182 g/mol.